The van der Waals surface area contributed by atoms with E-state index in [1.54, 1.807) is 6.07 Å². The number of benzene rings is 1. The van der Waals surface area contributed by atoms with Gasteiger partial charge in [0.15, 0.2) is 0 Å². The molecule has 0 spiro atoms. The van der Waals surface area contributed by atoms with Crippen LogP contribution >= 0.6 is 38.9 Å². The van der Waals surface area contributed by atoms with E-state index in [4.69, 9.17) is 11.6 Å². The third kappa shape index (κ3) is 5.35. The van der Waals surface area contributed by atoms with Crippen molar-refractivity contribution in [2.75, 3.05) is 18.9 Å². The lowest BCUT2D eigenvalue weighted by atomic mass is 10.3. The highest BCUT2D eigenvalue weighted by molar-refractivity contribution is 9.10. The summed E-state index contributed by atoms with van der Waals surface area (Å²) in [7, 11) is 1.93. The van der Waals surface area contributed by atoms with Crippen molar-refractivity contribution in [3.8, 4) is 0 Å². The molecule has 0 aliphatic heterocycles. The quantitative estimate of drug-likeness (QED) is 0.751. The zero-order valence-electron chi connectivity index (χ0n) is 11.9. The Morgan fingerprint density at radius 3 is 2.82 bits per heavy atom. The lowest BCUT2D eigenvalue weighted by Crippen LogP contribution is -2.23. The van der Waals surface area contributed by atoms with Crippen molar-refractivity contribution in [1.82, 2.24) is 4.90 Å². The average Bonchev–Trinajstić information content (AvgIpc) is 2.85. The summed E-state index contributed by atoms with van der Waals surface area (Å²) in [6, 6.07) is 8.38. The molecule has 1 heterocycles. The summed E-state index contributed by atoms with van der Waals surface area (Å²) in [5.41, 5.74) is 0.195. The van der Waals surface area contributed by atoms with Gasteiger partial charge in [-0.15, -0.1) is 11.3 Å². The zero-order chi connectivity index (χ0) is 16.1. The number of rotatable bonds is 6. The molecule has 118 valence electrons. The molecule has 0 atom stereocenters. The number of amides is 1. The number of nitrogens with one attached hydrogen (secondary N) is 1. The normalized spacial score (nSPS) is 11.0. The van der Waals surface area contributed by atoms with Crippen LogP contribution in [0.15, 0.2) is 34.8 Å². The molecule has 0 saturated carbocycles. The molecule has 0 unspecified atom stereocenters. The Bertz CT molecular complexity index is 665. The molecule has 2 rings (SSSR count). The Morgan fingerprint density at radius 2 is 2.18 bits per heavy atom. The number of nitrogens with zero attached hydrogens (tertiary/aromatic N) is 1. The topological polar surface area (TPSA) is 32.3 Å². The van der Waals surface area contributed by atoms with Gasteiger partial charge in [-0.1, -0.05) is 27.5 Å². The lowest BCUT2D eigenvalue weighted by molar-refractivity contribution is -0.116. The van der Waals surface area contributed by atoms with Crippen LogP contribution in [0.1, 0.15) is 11.3 Å². The lowest BCUT2D eigenvalue weighted by Gasteiger charge is -2.15. The van der Waals surface area contributed by atoms with Crippen molar-refractivity contribution < 1.29 is 9.18 Å². The van der Waals surface area contributed by atoms with Crippen LogP contribution in [0.2, 0.25) is 4.34 Å². The average molecular weight is 406 g/mol. The van der Waals surface area contributed by atoms with Gasteiger partial charge >= 0.3 is 0 Å². The van der Waals surface area contributed by atoms with Crippen LogP contribution < -0.4 is 5.32 Å². The Hall–Kier alpha value is -0.950. The van der Waals surface area contributed by atoms with Gasteiger partial charge in [-0.05, 0) is 37.4 Å². The van der Waals surface area contributed by atoms with E-state index >= 15 is 0 Å². The molecule has 0 radical (unpaired) electrons. The van der Waals surface area contributed by atoms with Gasteiger partial charge in [-0.25, -0.2) is 4.39 Å². The fraction of sp³-hybridized carbons (Fsp3) is 0.267. The van der Waals surface area contributed by atoms with Crippen molar-refractivity contribution in [3.63, 3.8) is 0 Å². The first-order valence-electron chi connectivity index (χ1n) is 6.61. The first-order valence-corrected chi connectivity index (χ1v) is 8.60. The Balaban J connectivity index is 1.79. The van der Waals surface area contributed by atoms with Gasteiger partial charge in [0, 0.05) is 28.9 Å². The second kappa shape index (κ2) is 8.06. The monoisotopic (exact) mass is 404 g/mol. The predicted molar refractivity (Wildman–Crippen MR) is 93.0 cm³/mol. The smallest absolute Gasteiger partial charge is 0.225 e. The standard InChI is InChI=1S/C15H15BrClFN2OS/c1-20(9-11-3-5-14(17)22-11)7-6-15(21)19-13-4-2-10(16)8-12(13)18/h2-5,8H,6-7,9H2,1H3,(H,19,21). The minimum Gasteiger partial charge on any atom is -0.324 e. The number of thiophene rings is 1. The first kappa shape index (κ1) is 17.4. The highest BCUT2D eigenvalue weighted by Gasteiger charge is 2.09. The summed E-state index contributed by atoms with van der Waals surface area (Å²) in [6.07, 6.45) is 0.297. The van der Waals surface area contributed by atoms with Crippen LogP contribution in [0.25, 0.3) is 0 Å². The maximum Gasteiger partial charge on any atom is 0.225 e. The maximum atomic E-state index is 13.6. The van der Waals surface area contributed by atoms with Gasteiger partial charge < -0.3 is 10.2 Å². The Labute approximate surface area is 146 Å². The SMILES string of the molecule is CN(CCC(=O)Nc1ccc(Br)cc1F)Cc1ccc(Cl)s1. The molecule has 1 aromatic heterocycles. The third-order valence-corrected chi connectivity index (χ3v) is 4.69. The molecule has 0 aliphatic carbocycles. The van der Waals surface area contributed by atoms with Gasteiger partial charge in [-0.2, -0.15) is 0 Å². The van der Waals surface area contributed by atoms with E-state index in [1.807, 2.05) is 24.1 Å². The Kier molecular flexibility index (Phi) is 6.37. The summed E-state index contributed by atoms with van der Waals surface area (Å²) in [4.78, 5) is 15.0. The van der Waals surface area contributed by atoms with Crippen molar-refractivity contribution >= 4 is 50.5 Å². The van der Waals surface area contributed by atoms with E-state index in [0.29, 0.717) is 17.4 Å². The number of hydrogen-bond donors (Lipinski definition) is 1. The highest BCUT2D eigenvalue weighted by atomic mass is 79.9. The molecule has 0 saturated heterocycles. The van der Waals surface area contributed by atoms with Crippen LogP contribution in [0.3, 0.4) is 0 Å². The van der Waals surface area contributed by atoms with Crippen LogP contribution in [0.5, 0.6) is 0 Å². The number of carbonyl (C=O) groups excluding carboxylic acids is 1. The van der Waals surface area contributed by atoms with Crippen molar-refractivity contribution in [2.24, 2.45) is 0 Å². The summed E-state index contributed by atoms with van der Waals surface area (Å²) in [5.74, 6) is -0.665. The van der Waals surface area contributed by atoms with E-state index in [9.17, 15) is 9.18 Å². The van der Waals surface area contributed by atoms with Gasteiger partial charge in [0.05, 0.1) is 10.0 Å². The Morgan fingerprint density at radius 1 is 1.41 bits per heavy atom. The summed E-state index contributed by atoms with van der Waals surface area (Å²) in [6.45, 7) is 1.32. The molecule has 1 amide bonds. The van der Waals surface area contributed by atoms with Crippen molar-refractivity contribution in [1.29, 1.82) is 0 Å². The maximum absolute atomic E-state index is 13.6. The number of carbonyl (C=O) groups is 1. The molecular formula is C15H15BrClFN2OS. The summed E-state index contributed by atoms with van der Waals surface area (Å²) >= 11 is 10.6. The number of halogens is 3. The molecule has 0 bridgehead atoms. The minimum absolute atomic E-state index is 0.195. The van der Waals surface area contributed by atoms with Crippen LogP contribution in [0, 0.1) is 5.82 Å². The second-order valence-electron chi connectivity index (χ2n) is 4.87. The van der Waals surface area contributed by atoms with Gasteiger partial charge in [0.25, 0.3) is 0 Å². The number of hydrogen-bond acceptors (Lipinski definition) is 3. The largest absolute Gasteiger partial charge is 0.324 e. The fourth-order valence-electron chi connectivity index (χ4n) is 1.88. The molecule has 7 heteroatoms. The van der Waals surface area contributed by atoms with Crippen LogP contribution in [0.4, 0.5) is 10.1 Å². The van der Waals surface area contributed by atoms with Crippen molar-refractivity contribution in [2.45, 2.75) is 13.0 Å². The minimum atomic E-state index is -0.454. The molecule has 0 fully saturated rings. The number of anilines is 1. The summed E-state index contributed by atoms with van der Waals surface area (Å²) in [5, 5.41) is 2.58. The first-order chi connectivity index (χ1) is 10.4. The molecule has 1 N–H and O–H groups in total. The third-order valence-electron chi connectivity index (χ3n) is 2.98. The van der Waals surface area contributed by atoms with E-state index in [-0.39, 0.29) is 11.6 Å². The van der Waals surface area contributed by atoms with Crippen molar-refractivity contribution in [3.05, 3.63) is 49.8 Å². The van der Waals surface area contributed by atoms with E-state index in [0.717, 1.165) is 15.8 Å². The van der Waals surface area contributed by atoms with Crippen LogP contribution in [-0.4, -0.2) is 24.4 Å². The van der Waals surface area contributed by atoms with E-state index in [2.05, 4.69) is 21.2 Å². The molecule has 1 aromatic carbocycles. The zero-order valence-corrected chi connectivity index (χ0v) is 15.1. The molecular weight excluding hydrogens is 391 g/mol. The van der Waals surface area contributed by atoms with Gasteiger partial charge in [-0.3, -0.25) is 4.79 Å². The fourth-order valence-corrected chi connectivity index (χ4v) is 3.38. The molecule has 22 heavy (non-hydrogen) atoms. The van der Waals surface area contributed by atoms with Gasteiger partial charge in [0.2, 0.25) is 5.91 Å². The van der Waals surface area contributed by atoms with E-state index in [1.165, 1.54) is 23.5 Å². The van der Waals surface area contributed by atoms with Crippen LogP contribution in [-0.2, 0) is 11.3 Å². The molecule has 3 nitrogen and oxygen atoms in total. The summed E-state index contributed by atoms with van der Waals surface area (Å²) < 4.78 is 15.0. The highest BCUT2D eigenvalue weighted by Crippen LogP contribution is 2.22. The second-order valence-corrected chi connectivity index (χ2v) is 7.58. The van der Waals surface area contributed by atoms with E-state index < -0.39 is 5.82 Å². The predicted octanol–water partition coefficient (Wildman–Crippen LogP) is 4.76. The molecule has 0 aliphatic rings. The van der Waals surface area contributed by atoms with Gasteiger partial charge in [0.1, 0.15) is 5.82 Å². The molecule has 2 aromatic rings.